The summed E-state index contributed by atoms with van der Waals surface area (Å²) in [6.45, 7) is 3.23. The fraction of sp³-hybridized carbons (Fsp3) is 0.281. The standard InChI is InChI=1S/C32H30ClN5O6S/c1-31(2)43-26-24(42-30(27(26)44-31)38-20-36-25-28(33)34-19-35-29(25)38)18-41-45(39,40)37-32(21-12-6-3-7-13-21,22-14-8-4-9-15-22)23-16-10-5-11-17-23/h3-17,19-20,24,26-27,30,37H,18H2,1-2H3/t24-,26-,27-,30-/m1/s1. The van der Waals surface area contributed by atoms with E-state index in [1.807, 2.05) is 91.0 Å². The monoisotopic (exact) mass is 647 g/mol. The van der Waals surface area contributed by atoms with E-state index in [-0.39, 0.29) is 11.8 Å². The van der Waals surface area contributed by atoms with Crippen LogP contribution in [0.1, 0.15) is 36.8 Å². The molecule has 0 spiro atoms. The lowest BCUT2D eigenvalue weighted by atomic mass is 9.78. The van der Waals surface area contributed by atoms with Crippen molar-refractivity contribution < 1.29 is 26.8 Å². The van der Waals surface area contributed by atoms with Crippen LogP contribution in [-0.2, 0) is 34.2 Å². The third kappa shape index (κ3) is 5.52. The predicted octanol–water partition coefficient (Wildman–Crippen LogP) is 4.74. The third-order valence-corrected chi connectivity index (χ3v) is 9.28. The molecular formula is C32H30ClN5O6S. The van der Waals surface area contributed by atoms with Crippen molar-refractivity contribution in [2.45, 2.75) is 49.7 Å². The molecule has 1 N–H and O–H groups in total. The zero-order valence-electron chi connectivity index (χ0n) is 24.4. The van der Waals surface area contributed by atoms with Crippen molar-refractivity contribution in [1.29, 1.82) is 0 Å². The van der Waals surface area contributed by atoms with Gasteiger partial charge in [0.25, 0.3) is 0 Å². The Hall–Kier alpha value is -3.75. The maximum absolute atomic E-state index is 14.0. The van der Waals surface area contributed by atoms with Crippen molar-refractivity contribution in [2.75, 3.05) is 6.61 Å². The van der Waals surface area contributed by atoms with Crippen LogP contribution < -0.4 is 4.72 Å². The molecule has 2 saturated heterocycles. The van der Waals surface area contributed by atoms with Gasteiger partial charge in [-0.05, 0) is 30.5 Å². The summed E-state index contributed by atoms with van der Waals surface area (Å²) in [5.74, 6) is -0.946. The van der Waals surface area contributed by atoms with Gasteiger partial charge in [0.1, 0.15) is 35.7 Å². The minimum Gasteiger partial charge on any atom is -0.347 e. The molecule has 0 aliphatic carbocycles. The maximum atomic E-state index is 14.0. The van der Waals surface area contributed by atoms with Gasteiger partial charge < -0.3 is 14.2 Å². The number of nitrogens with one attached hydrogen (secondary N) is 1. The van der Waals surface area contributed by atoms with Crippen molar-refractivity contribution in [3.63, 3.8) is 0 Å². The first-order chi connectivity index (χ1) is 21.7. The summed E-state index contributed by atoms with van der Waals surface area (Å²) in [7, 11) is -4.42. The van der Waals surface area contributed by atoms with Gasteiger partial charge in [-0.25, -0.2) is 15.0 Å². The molecule has 13 heteroatoms. The molecule has 5 aromatic rings. The van der Waals surface area contributed by atoms with Crippen molar-refractivity contribution in [3.8, 4) is 0 Å². The number of imidazole rings is 1. The lowest BCUT2D eigenvalue weighted by Crippen LogP contribution is -2.49. The molecule has 7 rings (SSSR count). The fourth-order valence-electron chi connectivity index (χ4n) is 6.14. The largest absolute Gasteiger partial charge is 0.347 e. The van der Waals surface area contributed by atoms with E-state index in [1.54, 1.807) is 18.4 Å². The second-order valence-electron chi connectivity index (χ2n) is 11.3. The van der Waals surface area contributed by atoms with Crippen LogP contribution in [0.2, 0.25) is 5.15 Å². The molecule has 3 aromatic carbocycles. The van der Waals surface area contributed by atoms with E-state index < -0.39 is 46.2 Å². The summed E-state index contributed by atoms with van der Waals surface area (Å²) in [4.78, 5) is 12.7. The summed E-state index contributed by atoms with van der Waals surface area (Å²) in [6.07, 6.45) is 0.0749. The quantitative estimate of drug-likeness (QED) is 0.178. The molecular weight excluding hydrogens is 618 g/mol. The number of aromatic nitrogens is 4. The van der Waals surface area contributed by atoms with Crippen LogP contribution >= 0.6 is 11.6 Å². The van der Waals surface area contributed by atoms with Crippen molar-refractivity contribution >= 4 is 33.1 Å². The lowest BCUT2D eigenvalue weighted by molar-refractivity contribution is -0.198. The van der Waals surface area contributed by atoms with Crippen LogP contribution in [0.3, 0.4) is 0 Å². The van der Waals surface area contributed by atoms with Crippen molar-refractivity contribution in [1.82, 2.24) is 24.2 Å². The number of fused-ring (bicyclic) bond motifs is 2. The van der Waals surface area contributed by atoms with E-state index in [2.05, 4.69) is 19.7 Å². The smallest absolute Gasteiger partial charge is 0.337 e. The summed E-state index contributed by atoms with van der Waals surface area (Å²) < 4.78 is 57.0. The molecule has 0 radical (unpaired) electrons. The second kappa shape index (κ2) is 11.6. The number of hydrogen-bond donors (Lipinski definition) is 1. The summed E-state index contributed by atoms with van der Waals surface area (Å²) in [6, 6.07) is 28.2. The summed E-state index contributed by atoms with van der Waals surface area (Å²) in [5, 5.41) is 0.202. The normalized spacial score (nSPS) is 22.9. The van der Waals surface area contributed by atoms with Gasteiger partial charge in [-0.2, -0.15) is 13.1 Å². The van der Waals surface area contributed by atoms with Crippen molar-refractivity contribution in [3.05, 3.63) is 125 Å². The highest BCUT2D eigenvalue weighted by atomic mass is 35.5. The molecule has 45 heavy (non-hydrogen) atoms. The molecule has 0 unspecified atom stereocenters. The molecule has 0 bridgehead atoms. The fourth-order valence-corrected chi connectivity index (χ4v) is 7.42. The van der Waals surface area contributed by atoms with Gasteiger partial charge in [-0.1, -0.05) is 103 Å². The topological polar surface area (TPSA) is 127 Å². The molecule has 2 aliphatic heterocycles. The SMILES string of the molecule is CC1(C)O[C@@H]2[C@H](O1)[C@@H](COS(=O)(=O)NC(c1ccccc1)(c1ccccc1)c1ccccc1)O[C@H]2n1cnc2c(Cl)ncnc21. The van der Waals surface area contributed by atoms with Gasteiger partial charge in [0.2, 0.25) is 0 Å². The highest BCUT2D eigenvalue weighted by Gasteiger charge is 2.56. The number of halogens is 1. The minimum absolute atomic E-state index is 0.202. The van der Waals surface area contributed by atoms with Gasteiger partial charge in [-0.3, -0.25) is 8.75 Å². The Balaban J connectivity index is 1.21. The van der Waals surface area contributed by atoms with Crippen molar-refractivity contribution in [2.24, 2.45) is 0 Å². The zero-order valence-corrected chi connectivity index (χ0v) is 25.9. The summed E-state index contributed by atoms with van der Waals surface area (Å²) in [5.41, 5.74) is 1.70. The van der Waals surface area contributed by atoms with Gasteiger partial charge in [0.05, 0.1) is 12.9 Å². The molecule has 2 aromatic heterocycles. The van der Waals surface area contributed by atoms with Gasteiger partial charge >= 0.3 is 10.3 Å². The van der Waals surface area contributed by atoms with Crippen LogP contribution in [0.5, 0.6) is 0 Å². The van der Waals surface area contributed by atoms with E-state index >= 15 is 0 Å². The Bertz CT molecular complexity index is 1810. The Morgan fingerprint density at radius 2 is 1.42 bits per heavy atom. The van der Waals surface area contributed by atoms with E-state index in [9.17, 15) is 8.42 Å². The summed E-state index contributed by atoms with van der Waals surface area (Å²) >= 11 is 6.23. The van der Waals surface area contributed by atoms with Gasteiger partial charge in [0.15, 0.2) is 22.8 Å². The Morgan fingerprint density at radius 3 is 2.00 bits per heavy atom. The van der Waals surface area contributed by atoms with Crippen LogP contribution in [-0.4, -0.2) is 58.6 Å². The molecule has 232 valence electrons. The van der Waals surface area contributed by atoms with Crippen LogP contribution in [0.4, 0.5) is 0 Å². The van der Waals surface area contributed by atoms with Gasteiger partial charge in [-0.15, -0.1) is 0 Å². The Labute approximate surface area is 265 Å². The average molecular weight is 648 g/mol. The molecule has 4 heterocycles. The average Bonchev–Trinajstić information content (AvgIpc) is 3.71. The zero-order chi connectivity index (χ0) is 31.2. The Morgan fingerprint density at radius 1 is 0.867 bits per heavy atom. The van der Waals surface area contributed by atoms with Crippen LogP contribution in [0.25, 0.3) is 11.2 Å². The first-order valence-corrected chi connectivity index (χ1v) is 16.1. The number of hydrogen-bond acceptors (Lipinski definition) is 9. The number of ether oxygens (including phenoxy) is 3. The van der Waals surface area contributed by atoms with Gasteiger partial charge in [0, 0.05) is 0 Å². The van der Waals surface area contributed by atoms with E-state index in [4.69, 9.17) is 30.0 Å². The first-order valence-electron chi connectivity index (χ1n) is 14.4. The number of benzene rings is 3. The minimum atomic E-state index is -4.42. The highest BCUT2D eigenvalue weighted by Crippen LogP contribution is 2.44. The first kappa shape index (κ1) is 29.9. The molecule has 11 nitrogen and oxygen atoms in total. The maximum Gasteiger partial charge on any atom is 0.337 e. The van der Waals surface area contributed by atoms with E-state index in [0.717, 1.165) is 0 Å². The molecule has 4 atom stereocenters. The predicted molar refractivity (Wildman–Crippen MR) is 165 cm³/mol. The van der Waals surface area contributed by atoms with Crippen LogP contribution in [0, 0.1) is 0 Å². The Kier molecular flexibility index (Phi) is 7.69. The number of rotatable bonds is 9. The molecule has 2 aliphatic rings. The van der Waals surface area contributed by atoms with E-state index in [0.29, 0.717) is 27.9 Å². The third-order valence-electron chi connectivity index (χ3n) is 8.00. The van der Waals surface area contributed by atoms with Crippen LogP contribution in [0.15, 0.2) is 104 Å². The molecule has 0 saturated carbocycles. The lowest BCUT2D eigenvalue weighted by Gasteiger charge is -2.36. The highest BCUT2D eigenvalue weighted by molar-refractivity contribution is 7.84. The number of nitrogens with zero attached hydrogens (tertiary/aromatic N) is 4. The van der Waals surface area contributed by atoms with E-state index in [1.165, 1.54) is 12.7 Å². The molecule has 2 fully saturated rings. The second-order valence-corrected chi connectivity index (χ2v) is 13.0. The molecule has 0 amide bonds.